The van der Waals surface area contributed by atoms with Crippen LogP contribution in [0.4, 0.5) is 9.59 Å². The molecule has 0 saturated carbocycles. The molecule has 0 spiro atoms. The Hall–Kier alpha value is -3.73. The minimum Gasteiger partial charge on any atom is -0.449 e. The predicted molar refractivity (Wildman–Crippen MR) is 174 cm³/mol. The maximum absolute atomic E-state index is 13.8. The van der Waals surface area contributed by atoms with Crippen molar-refractivity contribution in [3.63, 3.8) is 0 Å². The summed E-state index contributed by atoms with van der Waals surface area (Å²) in [6, 6.07) is 23.8. The average molecular weight is 699 g/mol. The van der Waals surface area contributed by atoms with E-state index < -0.39 is 24.0 Å². The number of halogens is 1. The summed E-state index contributed by atoms with van der Waals surface area (Å²) in [6.45, 7) is 4.60. The van der Waals surface area contributed by atoms with Crippen LogP contribution in [0.5, 0.6) is 0 Å². The van der Waals surface area contributed by atoms with Gasteiger partial charge in [0.1, 0.15) is 0 Å². The predicted octanol–water partition coefficient (Wildman–Crippen LogP) is 7.53. The normalized spacial score (nSPS) is 10.6. The molecule has 228 valence electrons. The highest BCUT2D eigenvalue weighted by atomic mass is 127. The first-order valence-electron chi connectivity index (χ1n) is 14.7. The van der Waals surface area contributed by atoms with Crippen LogP contribution < -0.4 is 0 Å². The van der Waals surface area contributed by atoms with Gasteiger partial charge in [0.15, 0.2) is 0 Å². The molecule has 0 N–H and O–H groups in total. The monoisotopic (exact) mass is 698 g/mol. The molecule has 3 aromatic carbocycles. The molecule has 4 amide bonds. The van der Waals surface area contributed by atoms with E-state index in [2.05, 4.69) is 0 Å². The molecule has 0 aliphatic heterocycles. The zero-order valence-electron chi connectivity index (χ0n) is 24.8. The number of hydrogen-bond acceptors (Lipinski definition) is 6. The molecular weight excluding hydrogens is 659 g/mol. The fourth-order valence-corrected chi connectivity index (χ4v) is 4.91. The highest BCUT2D eigenvalue weighted by molar-refractivity contribution is 14.1. The van der Waals surface area contributed by atoms with Crippen molar-refractivity contribution in [3.05, 3.63) is 105 Å². The molecular formula is C34H39IN2O6. The highest BCUT2D eigenvalue weighted by Crippen LogP contribution is 2.19. The second-order valence-corrected chi connectivity index (χ2v) is 11.3. The zero-order chi connectivity index (χ0) is 31.0. The quantitative estimate of drug-likeness (QED) is 0.128. The number of ether oxygens (including phenoxy) is 2. The van der Waals surface area contributed by atoms with Gasteiger partial charge in [-0.25, -0.2) is 19.4 Å². The van der Waals surface area contributed by atoms with Gasteiger partial charge in [-0.2, -0.15) is 0 Å². The molecule has 0 bridgehead atoms. The second-order valence-electron chi connectivity index (χ2n) is 10.0. The number of amides is 4. The van der Waals surface area contributed by atoms with E-state index in [1.807, 2.05) is 97.1 Å². The van der Waals surface area contributed by atoms with Crippen LogP contribution in [0.3, 0.4) is 0 Å². The number of nitrogens with zero attached hydrogens (tertiary/aromatic N) is 2. The van der Waals surface area contributed by atoms with Crippen molar-refractivity contribution in [3.8, 4) is 0 Å². The molecule has 0 heterocycles. The van der Waals surface area contributed by atoms with Crippen molar-refractivity contribution < 1.29 is 28.7 Å². The Labute approximate surface area is 267 Å². The summed E-state index contributed by atoms with van der Waals surface area (Å²) in [5.74, 6) is -1.15. The molecule has 0 unspecified atom stereocenters. The van der Waals surface area contributed by atoms with Crippen LogP contribution in [-0.2, 0) is 22.3 Å². The lowest BCUT2D eigenvalue weighted by atomic mass is 10.1. The number of carbonyl (C=O) groups is 4. The summed E-state index contributed by atoms with van der Waals surface area (Å²) in [6.07, 6.45) is 2.48. The Morgan fingerprint density at radius 2 is 1.02 bits per heavy atom. The lowest BCUT2D eigenvalue weighted by molar-refractivity contribution is 0.0652. The number of carbonyl (C=O) groups excluding carboxylic acids is 4. The summed E-state index contributed by atoms with van der Waals surface area (Å²) in [5.41, 5.74) is 2.24. The van der Waals surface area contributed by atoms with E-state index in [4.69, 9.17) is 9.47 Å². The fourth-order valence-electron chi connectivity index (χ4n) is 4.23. The molecule has 8 nitrogen and oxygen atoms in total. The van der Waals surface area contributed by atoms with E-state index in [0.717, 1.165) is 33.8 Å². The molecule has 0 radical (unpaired) electrons. The largest absolute Gasteiger partial charge is 0.449 e. The van der Waals surface area contributed by atoms with Gasteiger partial charge < -0.3 is 9.47 Å². The Morgan fingerprint density at radius 3 is 1.40 bits per heavy atom. The maximum atomic E-state index is 13.8. The van der Waals surface area contributed by atoms with Crippen LogP contribution in [0.1, 0.15) is 71.4 Å². The highest BCUT2D eigenvalue weighted by Gasteiger charge is 2.28. The Bertz CT molecular complexity index is 1250. The van der Waals surface area contributed by atoms with E-state index in [-0.39, 0.29) is 37.4 Å². The SMILES string of the molecule is CCCCOC(=O)N(CCc1ccccc1)C(=O)c1cc(I)cc(C(=O)N(CCc2ccccc2)C(=O)OCCCC)c1. The topological polar surface area (TPSA) is 93.2 Å². The van der Waals surface area contributed by atoms with Gasteiger partial charge in [-0.05, 0) is 77.6 Å². The molecule has 43 heavy (non-hydrogen) atoms. The Kier molecular flexibility index (Phi) is 14.2. The van der Waals surface area contributed by atoms with Crippen LogP contribution in [0.2, 0.25) is 0 Å². The number of benzene rings is 3. The molecule has 0 aromatic heterocycles. The molecule has 0 fully saturated rings. The number of imide groups is 2. The minimum absolute atomic E-state index is 0.107. The van der Waals surface area contributed by atoms with Gasteiger partial charge in [0.05, 0.1) is 13.2 Å². The van der Waals surface area contributed by atoms with Gasteiger partial charge in [0.2, 0.25) is 0 Å². The summed E-state index contributed by atoms with van der Waals surface area (Å²) in [4.78, 5) is 55.8. The van der Waals surface area contributed by atoms with Gasteiger partial charge >= 0.3 is 12.2 Å². The second kappa shape index (κ2) is 18.0. The summed E-state index contributed by atoms with van der Waals surface area (Å²) in [5, 5.41) is 0. The standard InChI is InChI=1S/C34H39IN2O6/c1-3-5-21-42-33(40)36(19-17-26-13-9-7-10-14-26)31(38)28-23-29(25-30(35)24-28)32(39)37(34(41)43-22-6-4-2)20-18-27-15-11-8-12-16-27/h7-16,23-25H,3-6,17-22H2,1-2H3. The van der Waals surface area contributed by atoms with E-state index in [9.17, 15) is 19.2 Å². The first-order chi connectivity index (χ1) is 20.8. The lowest BCUT2D eigenvalue weighted by Crippen LogP contribution is -2.40. The summed E-state index contributed by atoms with van der Waals surface area (Å²) >= 11 is 2.02. The van der Waals surface area contributed by atoms with Gasteiger partial charge in [-0.3, -0.25) is 9.59 Å². The van der Waals surface area contributed by atoms with Crippen molar-refractivity contribution in [1.82, 2.24) is 9.80 Å². The Balaban J connectivity index is 1.87. The van der Waals surface area contributed by atoms with E-state index in [1.54, 1.807) is 12.1 Å². The van der Waals surface area contributed by atoms with Crippen LogP contribution >= 0.6 is 22.6 Å². The maximum Gasteiger partial charge on any atom is 0.416 e. The molecule has 3 aromatic rings. The van der Waals surface area contributed by atoms with Crippen molar-refractivity contribution in [1.29, 1.82) is 0 Å². The summed E-state index contributed by atoms with van der Waals surface area (Å²) in [7, 11) is 0. The van der Waals surface area contributed by atoms with E-state index >= 15 is 0 Å². The third-order valence-electron chi connectivity index (χ3n) is 6.70. The number of unbranched alkanes of at least 4 members (excludes halogenated alkanes) is 2. The first kappa shape index (κ1) is 33.8. The van der Waals surface area contributed by atoms with Gasteiger partial charge in [-0.15, -0.1) is 0 Å². The van der Waals surface area contributed by atoms with Crippen molar-refractivity contribution in [2.45, 2.75) is 52.4 Å². The fraction of sp³-hybridized carbons (Fsp3) is 0.353. The molecule has 0 saturated heterocycles. The van der Waals surface area contributed by atoms with Gasteiger partial charge in [0.25, 0.3) is 11.8 Å². The third-order valence-corrected chi connectivity index (χ3v) is 7.33. The van der Waals surface area contributed by atoms with Crippen molar-refractivity contribution in [2.75, 3.05) is 26.3 Å². The van der Waals surface area contributed by atoms with Crippen LogP contribution in [0.25, 0.3) is 0 Å². The van der Waals surface area contributed by atoms with Gasteiger partial charge in [0, 0.05) is 27.8 Å². The van der Waals surface area contributed by atoms with Crippen molar-refractivity contribution >= 4 is 46.6 Å². The van der Waals surface area contributed by atoms with Crippen LogP contribution in [0.15, 0.2) is 78.9 Å². The minimum atomic E-state index is -0.731. The summed E-state index contributed by atoms with van der Waals surface area (Å²) < 4.78 is 11.4. The van der Waals surface area contributed by atoms with E-state index in [1.165, 1.54) is 6.07 Å². The molecule has 9 heteroatoms. The van der Waals surface area contributed by atoms with Gasteiger partial charge in [-0.1, -0.05) is 87.4 Å². The van der Waals surface area contributed by atoms with Crippen LogP contribution in [-0.4, -0.2) is 60.1 Å². The average Bonchev–Trinajstić information content (AvgIpc) is 3.02. The molecule has 0 aliphatic carbocycles. The molecule has 0 atom stereocenters. The number of rotatable bonds is 14. The molecule has 3 rings (SSSR count). The number of hydrogen-bond donors (Lipinski definition) is 0. The zero-order valence-corrected chi connectivity index (χ0v) is 27.0. The molecule has 0 aliphatic rings. The smallest absolute Gasteiger partial charge is 0.416 e. The lowest BCUT2D eigenvalue weighted by Gasteiger charge is -2.23. The van der Waals surface area contributed by atoms with Crippen LogP contribution in [0, 0.1) is 3.57 Å². The van der Waals surface area contributed by atoms with Crippen molar-refractivity contribution in [2.24, 2.45) is 0 Å². The Morgan fingerprint density at radius 1 is 0.628 bits per heavy atom. The first-order valence-corrected chi connectivity index (χ1v) is 15.8. The third kappa shape index (κ3) is 10.8. The van der Waals surface area contributed by atoms with E-state index in [0.29, 0.717) is 29.3 Å².